The second kappa shape index (κ2) is 5.03. The summed E-state index contributed by atoms with van der Waals surface area (Å²) in [7, 11) is 0. The van der Waals surface area contributed by atoms with Crippen molar-refractivity contribution < 1.29 is 9.90 Å². The number of piperidine rings is 1. The number of rotatable bonds is 3. The van der Waals surface area contributed by atoms with Crippen molar-refractivity contribution in [2.75, 3.05) is 18.0 Å². The van der Waals surface area contributed by atoms with Gasteiger partial charge < -0.3 is 10.0 Å². The molecule has 1 aliphatic rings. The van der Waals surface area contributed by atoms with Gasteiger partial charge in [0.2, 0.25) is 5.82 Å². The molecule has 1 aromatic heterocycles. The Hall–Kier alpha value is -2.12. The van der Waals surface area contributed by atoms with Crippen LogP contribution in [0.3, 0.4) is 0 Å². The lowest BCUT2D eigenvalue weighted by molar-refractivity contribution is -0.138. The third-order valence-corrected chi connectivity index (χ3v) is 3.07. The highest BCUT2D eigenvalue weighted by Gasteiger charge is 2.23. The van der Waals surface area contributed by atoms with E-state index in [1.807, 2.05) is 0 Å². The third kappa shape index (κ3) is 2.76. The zero-order chi connectivity index (χ0) is 13.1. The number of H-pyrrole nitrogens is 2. The second-order valence-electron chi connectivity index (χ2n) is 4.36. The van der Waals surface area contributed by atoms with Crippen molar-refractivity contribution in [1.29, 1.82) is 0 Å². The van der Waals surface area contributed by atoms with Crippen LogP contribution in [-0.4, -0.2) is 39.3 Å². The summed E-state index contributed by atoms with van der Waals surface area (Å²) in [4.78, 5) is 36.8. The number of nitrogens with one attached hydrogen (secondary N) is 2. The highest BCUT2D eigenvalue weighted by atomic mass is 16.4. The Morgan fingerprint density at radius 2 is 2.06 bits per heavy atom. The Morgan fingerprint density at radius 3 is 2.61 bits per heavy atom. The largest absolute Gasteiger partial charge is 0.481 e. The molecule has 0 bridgehead atoms. The number of aromatic nitrogens is 3. The van der Waals surface area contributed by atoms with E-state index in [0.29, 0.717) is 25.9 Å². The first kappa shape index (κ1) is 12.3. The minimum atomic E-state index is -0.798. The molecule has 98 valence electrons. The number of hydrogen-bond acceptors (Lipinski definition) is 5. The standard InChI is InChI=1S/C10H14N4O4/c15-7(16)5-6-1-3-14(4-2-6)8-9(17)11-10(18)13-12-8/h6H,1-5H2,(H,15,16)(H2,11,13,17,18). The zero-order valence-corrected chi connectivity index (χ0v) is 9.68. The SMILES string of the molecule is O=C(O)CC1CCN(c2n[nH]c(=O)[nH]c2=O)CC1. The third-order valence-electron chi connectivity index (χ3n) is 3.07. The van der Waals surface area contributed by atoms with E-state index < -0.39 is 17.2 Å². The number of nitrogens with zero attached hydrogens (tertiary/aromatic N) is 2. The molecule has 18 heavy (non-hydrogen) atoms. The van der Waals surface area contributed by atoms with Crippen LogP contribution in [-0.2, 0) is 4.79 Å². The molecule has 0 radical (unpaired) electrons. The van der Waals surface area contributed by atoms with Crippen molar-refractivity contribution in [2.45, 2.75) is 19.3 Å². The Bertz CT molecular complexity index is 541. The number of anilines is 1. The van der Waals surface area contributed by atoms with Crippen molar-refractivity contribution in [3.63, 3.8) is 0 Å². The molecule has 3 N–H and O–H groups in total. The first-order valence-electron chi connectivity index (χ1n) is 5.72. The van der Waals surface area contributed by atoms with E-state index in [9.17, 15) is 14.4 Å². The highest BCUT2D eigenvalue weighted by molar-refractivity contribution is 5.67. The Balaban J connectivity index is 2.03. The van der Waals surface area contributed by atoms with E-state index in [4.69, 9.17) is 5.11 Å². The van der Waals surface area contributed by atoms with Gasteiger partial charge in [0, 0.05) is 19.5 Å². The fourth-order valence-corrected chi connectivity index (χ4v) is 2.15. The maximum Gasteiger partial charge on any atom is 0.342 e. The molecule has 0 atom stereocenters. The molecule has 0 saturated carbocycles. The first-order chi connectivity index (χ1) is 8.56. The number of carbonyl (C=O) groups is 1. The predicted octanol–water partition coefficient (Wildman–Crippen LogP) is -0.851. The molecule has 8 nitrogen and oxygen atoms in total. The summed E-state index contributed by atoms with van der Waals surface area (Å²) in [5.74, 6) is -0.475. The number of carboxylic acids is 1. The lowest BCUT2D eigenvalue weighted by Gasteiger charge is -2.31. The van der Waals surface area contributed by atoms with E-state index in [1.54, 1.807) is 4.90 Å². The van der Waals surface area contributed by atoms with Gasteiger partial charge in [-0.2, -0.15) is 0 Å². The fourth-order valence-electron chi connectivity index (χ4n) is 2.15. The maximum atomic E-state index is 11.5. The van der Waals surface area contributed by atoms with Gasteiger partial charge in [-0.3, -0.25) is 14.6 Å². The van der Waals surface area contributed by atoms with Crippen LogP contribution in [0.2, 0.25) is 0 Å². The molecule has 0 unspecified atom stereocenters. The smallest absolute Gasteiger partial charge is 0.342 e. The molecule has 0 amide bonds. The van der Waals surface area contributed by atoms with Gasteiger partial charge in [0.05, 0.1) is 0 Å². The normalized spacial score (nSPS) is 16.8. The van der Waals surface area contributed by atoms with Crippen LogP contribution in [0, 0.1) is 5.92 Å². The molecular weight excluding hydrogens is 240 g/mol. The minimum Gasteiger partial charge on any atom is -0.481 e. The monoisotopic (exact) mass is 254 g/mol. The highest BCUT2D eigenvalue weighted by Crippen LogP contribution is 2.21. The lowest BCUT2D eigenvalue weighted by atomic mass is 9.94. The summed E-state index contributed by atoms with van der Waals surface area (Å²) >= 11 is 0. The van der Waals surface area contributed by atoms with Crippen LogP contribution < -0.4 is 16.1 Å². The molecule has 0 aliphatic carbocycles. The van der Waals surface area contributed by atoms with Crippen LogP contribution in [0.1, 0.15) is 19.3 Å². The van der Waals surface area contributed by atoms with E-state index in [-0.39, 0.29) is 18.2 Å². The van der Waals surface area contributed by atoms with Crippen LogP contribution in [0.4, 0.5) is 5.82 Å². The Morgan fingerprint density at radius 1 is 1.39 bits per heavy atom. The molecule has 0 aromatic carbocycles. The summed E-state index contributed by atoms with van der Waals surface area (Å²) in [5.41, 5.74) is -1.15. The van der Waals surface area contributed by atoms with Gasteiger partial charge in [-0.1, -0.05) is 0 Å². The molecule has 8 heteroatoms. The summed E-state index contributed by atoms with van der Waals surface area (Å²) in [6.45, 7) is 1.14. The van der Waals surface area contributed by atoms with Gasteiger partial charge in [-0.15, -0.1) is 5.10 Å². The van der Waals surface area contributed by atoms with Gasteiger partial charge in [-0.05, 0) is 18.8 Å². The van der Waals surface area contributed by atoms with Gasteiger partial charge >= 0.3 is 11.7 Å². The van der Waals surface area contributed by atoms with Crippen molar-refractivity contribution in [3.05, 3.63) is 20.8 Å². The molecule has 1 saturated heterocycles. The first-order valence-corrected chi connectivity index (χ1v) is 5.72. The number of carboxylic acid groups (broad SMARTS) is 1. The Labute approximate surface area is 102 Å². The van der Waals surface area contributed by atoms with Crippen molar-refractivity contribution in [2.24, 2.45) is 5.92 Å². The topological polar surface area (TPSA) is 119 Å². The Kier molecular flexibility index (Phi) is 3.45. The summed E-state index contributed by atoms with van der Waals surface area (Å²) in [5, 5.41) is 14.6. The zero-order valence-electron chi connectivity index (χ0n) is 9.68. The molecular formula is C10H14N4O4. The molecule has 0 spiro atoms. The lowest BCUT2D eigenvalue weighted by Crippen LogP contribution is -2.40. The average Bonchev–Trinajstić information content (AvgIpc) is 2.30. The van der Waals surface area contributed by atoms with Crippen LogP contribution in [0.25, 0.3) is 0 Å². The van der Waals surface area contributed by atoms with E-state index >= 15 is 0 Å². The van der Waals surface area contributed by atoms with Crippen LogP contribution >= 0.6 is 0 Å². The maximum absolute atomic E-state index is 11.5. The second-order valence-corrected chi connectivity index (χ2v) is 4.36. The molecule has 1 aliphatic heterocycles. The molecule has 1 fully saturated rings. The predicted molar refractivity (Wildman–Crippen MR) is 62.7 cm³/mol. The minimum absolute atomic E-state index is 0.139. The van der Waals surface area contributed by atoms with Crippen molar-refractivity contribution in [3.8, 4) is 0 Å². The summed E-state index contributed by atoms with van der Waals surface area (Å²) < 4.78 is 0. The molecule has 1 aromatic rings. The average molecular weight is 254 g/mol. The van der Waals surface area contributed by atoms with Crippen LogP contribution in [0.15, 0.2) is 9.59 Å². The van der Waals surface area contributed by atoms with Crippen molar-refractivity contribution >= 4 is 11.8 Å². The number of hydrogen-bond donors (Lipinski definition) is 3. The number of aromatic amines is 2. The van der Waals surface area contributed by atoms with Gasteiger partial charge in [0.1, 0.15) is 0 Å². The fraction of sp³-hybridized carbons (Fsp3) is 0.600. The van der Waals surface area contributed by atoms with Gasteiger partial charge in [0.25, 0.3) is 5.56 Å². The van der Waals surface area contributed by atoms with Crippen molar-refractivity contribution in [1.82, 2.24) is 15.2 Å². The molecule has 2 heterocycles. The summed E-state index contributed by atoms with van der Waals surface area (Å²) in [6, 6.07) is 0. The molecule has 2 rings (SSSR count). The van der Waals surface area contributed by atoms with Gasteiger partial charge in [-0.25, -0.2) is 9.89 Å². The van der Waals surface area contributed by atoms with Crippen LogP contribution in [0.5, 0.6) is 0 Å². The quantitative estimate of drug-likeness (QED) is 0.646. The van der Waals surface area contributed by atoms with E-state index in [2.05, 4.69) is 15.2 Å². The number of aliphatic carboxylic acids is 1. The van der Waals surface area contributed by atoms with E-state index in [1.165, 1.54) is 0 Å². The summed E-state index contributed by atoms with van der Waals surface area (Å²) in [6.07, 6.45) is 1.56. The van der Waals surface area contributed by atoms with E-state index in [0.717, 1.165) is 0 Å². The van der Waals surface area contributed by atoms with Gasteiger partial charge in [0.15, 0.2) is 0 Å².